The van der Waals surface area contributed by atoms with Crippen LogP contribution in [0.4, 0.5) is 4.79 Å². The molecule has 2 aromatic rings. The molecule has 2 aromatic carbocycles. The molecule has 0 bridgehead atoms. The van der Waals surface area contributed by atoms with Gasteiger partial charge in [-0.05, 0) is 57.2 Å². The summed E-state index contributed by atoms with van der Waals surface area (Å²) >= 11 is 0. The first-order valence-electron chi connectivity index (χ1n) is 12.5. The summed E-state index contributed by atoms with van der Waals surface area (Å²) in [4.78, 5) is 41.3. The molecule has 0 aromatic heterocycles. The Bertz CT molecular complexity index is 1050. The summed E-state index contributed by atoms with van der Waals surface area (Å²) in [6.07, 6.45) is 0.000208. The fourth-order valence-corrected chi connectivity index (χ4v) is 4.00. The van der Waals surface area contributed by atoms with Crippen LogP contribution in [0.25, 0.3) is 0 Å². The van der Waals surface area contributed by atoms with Crippen molar-refractivity contribution in [3.63, 3.8) is 0 Å². The maximum Gasteiger partial charge on any atom is 0.408 e. The van der Waals surface area contributed by atoms with Crippen molar-refractivity contribution >= 4 is 17.9 Å². The van der Waals surface area contributed by atoms with Gasteiger partial charge in [0.15, 0.2) is 0 Å². The molecule has 0 heterocycles. The fourth-order valence-electron chi connectivity index (χ4n) is 4.00. The van der Waals surface area contributed by atoms with E-state index < -0.39 is 23.8 Å². The summed E-state index contributed by atoms with van der Waals surface area (Å²) in [5.41, 5.74) is 2.98. The van der Waals surface area contributed by atoms with E-state index in [-0.39, 0.29) is 17.7 Å². The van der Waals surface area contributed by atoms with Crippen molar-refractivity contribution in [3.05, 3.63) is 70.8 Å². The number of hydrogen-bond donors (Lipinski definition) is 2. The lowest BCUT2D eigenvalue weighted by atomic mass is 9.94. The zero-order chi connectivity index (χ0) is 27.0. The molecule has 7 heteroatoms. The van der Waals surface area contributed by atoms with Crippen LogP contribution in [0, 0.1) is 19.8 Å². The standard InChI is InChI=1S/C29H41N3O4/c1-9-20(3)24(31-28(35)36-29(5,6)7)27(34)32(8)25(23-16-15-19(2)17-21(23)4)26(33)30-18-22-13-11-10-12-14-22/h10-17,20,24-25H,9,18H2,1-8H3,(H,30,33)(H,31,35). The van der Waals surface area contributed by atoms with Crippen LogP contribution in [0.5, 0.6) is 0 Å². The van der Waals surface area contributed by atoms with Gasteiger partial charge in [0.25, 0.3) is 0 Å². The molecule has 0 aliphatic carbocycles. The monoisotopic (exact) mass is 495 g/mol. The third-order valence-electron chi connectivity index (χ3n) is 6.16. The Morgan fingerprint density at radius 3 is 2.22 bits per heavy atom. The quantitative estimate of drug-likeness (QED) is 0.509. The number of rotatable bonds is 9. The van der Waals surface area contributed by atoms with Gasteiger partial charge >= 0.3 is 6.09 Å². The average Bonchev–Trinajstić information content (AvgIpc) is 2.81. The number of aryl methyl sites for hydroxylation is 2. The highest BCUT2D eigenvalue weighted by Gasteiger charge is 2.36. The summed E-state index contributed by atoms with van der Waals surface area (Å²) in [5, 5.41) is 5.73. The molecule has 7 nitrogen and oxygen atoms in total. The molecule has 2 N–H and O–H groups in total. The lowest BCUT2D eigenvalue weighted by Gasteiger charge is -2.34. The minimum absolute atomic E-state index is 0.167. The molecule has 3 unspecified atom stereocenters. The second kappa shape index (κ2) is 12.6. The maximum atomic E-state index is 13.8. The molecule has 2 rings (SSSR count). The normalized spacial score (nSPS) is 13.8. The summed E-state index contributed by atoms with van der Waals surface area (Å²) < 4.78 is 5.41. The number of carbonyl (C=O) groups excluding carboxylic acids is 3. The molecular weight excluding hydrogens is 454 g/mol. The SMILES string of the molecule is CCC(C)C(NC(=O)OC(C)(C)C)C(=O)N(C)C(C(=O)NCc1ccccc1)c1ccc(C)cc1C. The third-order valence-corrected chi connectivity index (χ3v) is 6.16. The van der Waals surface area contributed by atoms with Crippen LogP contribution in [0.15, 0.2) is 48.5 Å². The van der Waals surface area contributed by atoms with Crippen LogP contribution in [0.1, 0.15) is 69.3 Å². The number of nitrogens with zero attached hydrogens (tertiary/aromatic N) is 1. The maximum absolute atomic E-state index is 13.8. The number of amides is 3. The van der Waals surface area contributed by atoms with E-state index in [9.17, 15) is 14.4 Å². The molecule has 0 saturated carbocycles. The molecule has 36 heavy (non-hydrogen) atoms. The first kappa shape index (κ1) is 28.9. The van der Waals surface area contributed by atoms with Gasteiger partial charge in [0.1, 0.15) is 17.7 Å². The van der Waals surface area contributed by atoms with E-state index >= 15 is 0 Å². The number of benzene rings is 2. The van der Waals surface area contributed by atoms with Gasteiger partial charge in [-0.15, -0.1) is 0 Å². The van der Waals surface area contributed by atoms with Gasteiger partial charge in [0.2, 0.25) is 11.8 Å². The molecule has 0 aliphatic heterocycles. The average molecular weight is 496 g/mol. The number of carbonyl (C=O) groups is 3. The molecular formula is C29H41N3O4. The Kier molecular flexibility index (Phi) is 10.1. The molecule has 0 aliphatic rings. The van der Waals surface area contributed by atoms with E-state index in [1.165, 1.54) is 4.90 Å². The molecule has 0 saturated heterocycles. The smallest absolute Gasteiger partial charge is 0.408 e. The van der Waals surface area contributed by atoms with E-state index in [0.717, 1.165) is 22.3 Å². The third kappa shape index (κ3) is 8.11. The number of nitrogens with one attached hydrogen (secondary N) is 2. The molecule has 196 valence electrons. The van der Waals surface area contributed by atoms with Gasteiger partial charge in [-0.1, -0.05) is 74.4 Å². The highest BCUT2D eigenvalue weighted by Crippen LogP contribution is 2.26. The van der Waals surface area contributed by atoms with E-state index in [4.69, 9.17) is 4.74 Å². The Balaban J connectivity index is 2.38. The zero-order valence-electron chi connectivity index (χ0n) is 22.8. The Hall–Kier alpha value is -3.35. The van der Waals surface area contributed by atoms with E-state index in [0.29, 0.717) is 13.0 Å². The Labute approximate surface area is 215 Å². The summed E-state index contributed by atoms with van der Waals surface area (Å²) in [5.74, 6) is -0.809. The molecule has 3 amide bonds. The molecule has 0 spiro atoms. The van der Waals surface area contributed by atoms with Crippen molar-refractivity contribution in [2.75, 3.05) is 7.05 Å². The van der Waals surface area contributed by atoms with Gasteiger partial charge in [0.05, 0.1) is 0 Å². The summed E-state index contributed by atoms with van der Waals surface area (Å²) in [6, 6.07) is 13.7. The lowest BCUT2D eigenvalue weighted by Crippen LogP contribution is -2.54. The van der Waals surface area contributed by atoms with E-state index in [1.807, 2.05) is 76.2 Å². The zero-order valence-corrected chi connectivity index (χ0v) is 22.8. The van der Waals surface area contributed by atoms with Crippen LogP contribution < -0.4 is 10.6 Å². The second-order valence-corrected chi connectivity index (χ2v) is 10.4. The van der Waals surface area contributed by atoms with Crippen molar-refractivity contribution in [1.29, 1.82) is 0 Å². The van der Waals surface area contributed by atoms with Crippen molar-refractivity contribution in [2.45, 2.75) is 79.1 Å². The van der Waals surface area contributed by atoms with Crippen molar-refractivity contribution < 1.29 is 19.1 Å². The van der Waals surface area contributed by atoms with Crippen LogP contribution in [0.2, 0.25) is 0 Å². The van der Waals surface area contributed by atoms with Gasteiger partial charge in [-0.3, -0.25) is 9.59 Å². The fraction of sp³-hybridized carbons (Fsp3) is 0.483. The van der Waals surface area contributed by atoms with E-state index in [1.54, 1.807) is 27.8 Å². The summed E-state index contributed by atoms with van der Waals surface area (Å²) in [7, 11) is 1.61. The van der Waals surface area contributed by atoms with Gasteiger partial charge in [-0.2, -0.15) is 0 Å². The predicted molar refractivity (Wildman–Crippen MR) is 142 cm³/mol. The first-order valence-corrected chi connectivity index (χ1v) is 12.5. The van der Waals surface area contributed by atoms with Crippen LogP contribution in [-0.2, 0) is 20.9 Å². The van der Waals surface area contributed by atoms with Crippen molar-refractivity contribution in [2.24, 2.45) is 5.92 Å². The van der Waals surface area contributed by atoms with Crippen molar-refractivity contribution in [1.82, 2.24) is 15.5 Å². The highest BCUT2D eigenvalue weighted by atomic mass is 16.6. The first-order chi connectivity index (χ1) is 16.8. The largest absolute Gasteiger partial charge is 0.444 e. The Morgan fingerprint density at radius 2 is 1.67 bits per heavy atom. The second-order valence-electron chi connectivity index (χ2n) is 10.4. The number of likely N-dealkylation sites (N-methyl/N-ethyl adjacent to an activating group) is 1. The van der Waals surface area contributed by atoms with Crippen LogP contribution in [0.3, 0.4) is 0 Å². The predicted octanol–water partition coefficient (Wildman–Crippen LogP) is 5.06. The van der Waals surface area contributed by atoms with Gasteiger partial charge in [0, 0.05) is 13.6 Å². The Morgan fingerprint density at radius 1 is 1.03 bits per heavy atom. The minimum atomic E-state index is -0.867. The number of alkyl carbamates (subject to hydrolysis) is 1. The van der Waals surface area contributed by atoms with Gasteiger partial charge in [-0.25, -0.2) is 4.79 Å². The van der Waals surface area contributed by atoms with E-state index in [2.05, 4.69) is 10.6 Å². The highest BCUT2D eigenvalue weighted by molar-refractivity contribution is 5.92. The van der Waals surface area contributed by atoms with Crippen molar-refractivity contribution in [3.8, 4) is 0 Å². The molecule has 0 fully saturated rings. The number of hydrogen-bond acceptors (Lipinski definition) is 4. The molecule has 0 radical (unpaired) electrons. The molecule has 3 atom stereocenters. The lowest BCUT2D eigenvalue weighted by molar-refractivity contribution is -0.141. The topological polar surface area (TPSA) is 87.7 Å². The number of ether oxygens (including phenoxy) is 1. The van der Waals surface area contributed by atoms with Crippen LogP contribution in [-0.4, -0.2) is 41.5 Å². The minimum Gasteiger partial charge on any atom is -0.444 e. The van der Waals surface area contributed by atoms with Crippen LogP contribution >= 0.6 is 0 Å². The van der Waals surface area contributed by atoms with Gasteiger partial charge < -0.3 is 20.3 Å². The summed E-state index contributed by atoms with van der Waals surface area (Å²) in [6.45, 7) is 13.4.